The Bertz CT molecular complexity index is 1220. The lowest BCUT2D eigenvalue weighted by Gasteiger charge is -2.15. The van der Waals surface area contributed by atoms with Gasteiger partial charge in [0.25, 0.3) is 5.91 Å². The van der Waals surface area contributed by atoms with Gasteiger partial charge in [-0.3, -0.25) is 9.59 Å². The van der Waals surface area contributed by atoms with E-state index in [1.807, 2.05) is 36.4 Å². The number of rotatable bonds is 6. The van der Waals surface area contributed by atoms with Crippen molar-refractivity contribution in [2.75, 3.05) is 11.9 Å². The average molecular weight is 412 g/mol. The van der Waals surface area contributed by atoms with Gasteiger partial charge in [-0.1, -0.05) is 84.9 Å². The van der Waals surface area contributed by atoms with Crippen LogP contribution < -0.4 is 10.6 Å². The number of benzene rings is 4. The highest BCUT2D eigenvalue weighted by molar-refractivity contribution is 6.08. The monoisotopic (exact) mass is 412 g/mol. The lowest BCUT2D eigenvalue weighted by Crippen LogP contribution is -2.33. The summed E-state index contributed by atoms with van der Waals surface area (Å²) in [5.41, 5.74) is 1.75. The minimum absolute atomic E-state index is 0.224. The molecule has 4 nitrogen and oxygen atoms in total. The first-order valence-electron chi connectivity index (χ1n) is 9.97. The van der Waals surface area contributed by atoms with E-state index < -0.39 is 12.1 Å². The van der Waals surface area contributed by atoms with Crippen LogP contribution in [-0.2, 0) is 4.79 Å². The summed E-state index contributed by atoms with van der Waals surface area (Å²) in [4.78, 5) is 25.1. The van der Waals surface area contributed by atoms with E-state index in [-0.39, 0.29) is 12.5 Å². The zero-order valence-corrected chi connectivity index (χ0v) is 16.7. The van der Waals surface area contributed by atoms with Crippen LogP contribution in [0.5, 0.6) is 0 Å². The van der Waals surface area contributed by atoms with Gasteiger partial charge in [0.05, 0.1) is 6.54 Å². The molecule has 0 saturated heterocycles. The Morgan fingerprint density at radius 3 is 2.29 bits per heavy atom. The predicted molar refractivity (Wildman–Crippen MR) is 121 cm³/mol. The van der Waals surface area contributed by atoms with Crippen molar-refractivity contribution in [1.82, 2.24) is 5.32 Å². The molecule has 0 aliphatic rings. The second-order valence-corrected chi connectivity index (χ2v) is 7.12. The summed E-state index contributed by atoms with van der Waals surface area (Å²) in [7, 11) is 0. The van der Waals surface area contributed by atoms with Crippen molar-refractivity contribution in [3.8, 4) is 0 Å². The minimum Gasteiger partial charge on any atom is -0.343 e. The highest BCUT2D eigenvalue weighted by atomic mass is 19.1. The summed E-state index contributed by atoms with van der Waals surface area (Å²) < 4.78 is 15.0. The van der Waals surface area contributed by atoms with Crippen LogP contribution in [0.25, 0.3) is 10.8 Å². The molecule has 0 saturated carbocycles. The number of amides is 2. The number of carbonyl (C=O) groups excluding carboxylic acids is 2. The molecule has 0 bridgehead atoms. The Morgan fingerprint density at radius 1 is 0.774 bits per heavy atom. The van der Waals surface area contributed by atoms with Crippen LogP contribution in [0, 0.1) is 0 Å². The van der Waals surface area contributed by atoms with E-state index in [0.29, 0.717) is 22.4 Å². The van der Waals surface area contributed by atoms with Gasteiger partial charge >= 0.3 is 0 Å². The van der Waals surface area contributed by atoms with E-state index >= 15 is 4.39 Å². The standard InChI is InChI=1S/C26H21FN2O2/c27-25(19-10-2-1-3-11-19)22-14-6-7-16-23(22)29-24(30)17-28-26(31)21-15-8-12-18-9-4-5-13-20(18)21/h1-16,25H,17H2,(H,28,31)(H,29,30)/t25-/m0/s1. The normalized spacial score (nSPS) is 11.6. The molecule has 1 atom stereocenters. The Kier molecular flexibility index (Phi) is 6.03. The molecule has 0 fully saturated rings. The Labute approximate surface area is 179 Å². The molecule has 0 unspecified atom stereocenters. The number of halogens is 1. The van der Waals surface area contributed by atoms with Crippen LogP contribution in [0.3, 0.4) is 0 Å². The largest absolute Gasteiger partial charge is 0.343 e. The third-order valence-electron chi connectivity index (χ3n) is 5.04. The summed E-state index contributed by atoms with van der Waals surface area (Å²) in [6.07, 6.45) is -1.37. The van der Waals surface area contributed by atoms with Gasteiger partial charge in [-0.15, -0.1) is 0 Å². The smallest absolute Gasteiger partial charge is 0.252 e. The number of nitrogens with one attached hydrogen (secondary N) is 2. The van der Waals surface area contributed by atoms with Crippen LogP contribution in [0.4, 0.5) is 10.1 Å². The van der Waals surface area contributed by atoms with Gasteiger partial charge in [-0.25, -0.2) is 4.39 Å². The molecule has 0 aliphatic heterocycles. The van der Waals surface area contributed by atoms with Gasteiger partial charge in [0, 0.05) is 16.8 Å². The molecule has 0 aromatic heterocycles. The lowest BCUT2D eigenvalue weighted by molar-refractivity contribution is -0.115. The molecular formula is C26H21FN2O2. The maximum absolute atomic E-state index is 15.0. The molecule has 154 valence electrons. The number of anilines is 1. The fourth-order valence-electron chi connectivity index (χ4n) is 3.51. The number of carbonyl (C=O) groups is 2. The first-order chi connectivity index (χ1) is 15.1. The zero-order valence-electron chi connectivity index (χ0n) is 16.7. The fraction of sp³-hybridized carbons (Fsp3) is 0.0769. The number of fused-ring (bicyclic) bond motifs is 1. The molecule has 5 heteroatoms. The van der Waals surface area contributed by atoms with Crippen molar-refractivity contribution in [2.24, 2.45) is 0 Å². The summed E-state index contributed by atoms with van der Waals surface area (Å²) in [6, 6.07) is 28.5. The molecule has 4 aromatic rings. The summed E-state index contributed by atoms with van der Waals surface area (Å²) >= 11 is 0. The SMILES string of the molecule is O=C(CNC(=O)c1cccc2ccccc12)Nc1ccccc1[C@@H](F)c1ccccc1. The Morgan fingerprint density at radius 2 is 1.45 bits per heavy atom. The van der Waals surface area contributed by atoms with Crippen molar-refractivity contribution < 1.29 is 14.0 Å². The Balaban J connectivity index is 1.44. The van der Waals surface area contributed by atoms with E-state index in [2.05, 4.69) is 10.6 Å². The molecule has 31 heavy (non-hydrogen) atoms. The first kappa shape index (κ1) is 20.3. The van der Waals surface area contributed by atoms with Crippen LogP contribution in [0.15, 0.2) is 97.1 Å². The maximum Gasteiger partial charge on any atom is 0.252 e. The molecule has 2 amide bonds. The van der Waals surface area contributed by atoms with Gasteiger partial charge in [-0.05, 0) is 28.5 Å². The highest BCUT2D eigenvalue weighted by Gasteiger charge is 2.18. The van der Waals surface area contributed by atoms with Crippen molar-refractivity contribution >= 4 is 28.3 Å². The second kappa shape index (κ2) is 9.22. The summed E-state index contributed by atoms with van der Waals surface area (Å²) in [5, 5.41) is 7.12. The molecule has 0 spiro atoms. The average Bonchev–Trinajstić information content (AvgIpc) is 2.82. The Hall–Kier alpha value is -3.99. The van der Waals surface area contributed by atoms with E-state index in [9.17, 15) is 9.59 Å². The number of alkyl halides is 1. The summed E-state index contributed by atoms with van der Waals surface area (Å²) in [5.74, 6) is -0.769. The minimum atomic E-state index is -1.37. The highest BCUT2D eigenvalue weighted by Crippen LogP contribution is 2.31. The maximum atomic E-state index is 15.0. The van der Waals surface area contributed by atoms with E-state index in [0.717, 1.165) is 10.8 Å². The second-order valence-electron chi connectivity index (χ2n) is 7.12. The van der Waals surface area contributed by atoms with Gasteiger partial charge in [0.1, 0.15) is 0 Å². The molecule has 4 rings (SSSR count). The van der Waals surface area contributed by atoms with Crippen molar-refractivity contribution in [3.05, 3.63) is 114 Å². The molecule has 0 aliphatic carbocycles. The third kappa shape index (κ3) is 4.61. The van der Waals surface area contributed by atoms with Gasteiger partial charge in [-0.2, -0.15) is 0 Å². The molecule has 4 aromatic carbocycles. The van der Waals surface area contributed by atoms with Crippen LogP contribution >= 0.6 is 0 Å². The van der Waals surface area contributed by atoms with Crippen LogP contribution in [0.2, 0.25) is 0 Å². The van der Waals surface area contributed by atoms with Crippen molar-refractivity contribution in [2.45, 2.75) is 6.17 Å². The van der Waals surface area contributed by atoms with Crippen LogP contribution in [-0.4, -0.2) is 18.4 Å². The van der Waals surface area contributed by atoms with E-state index in [1.165, 1.54) is 0 Å². The van der Waals surface area contributed by atoms with E-state index in [1.54, 1.807) is 60.7 Å². The molecule has 2 N–H and O–H groups in total. The zero-order chi connectivity index (χ0) is 21.6. The molecule has 0 heterocycles. The number of para-hydroxylation sites is 1. The van der Waals surface area contributed by atoms with Crippen LogP contribution in [0.1, 0.15) is 27.7 Å². The topological polar surface area (TPSA) is 58.2 Å². The van der Waals surface area contributed by atoms with Gasteiger partial charge < -0.3 is 10.6 Å². The van der Waals surface area contributed by atoms with E-state index in [4.69, 9.17) is 0 Å². The molecular weight excluding hydrogens is 391 g/mol. The lowest BCUT2D eigenvalue weighted by atomic mass is 10.0. The summed E-state index contributed by atoms with van der Waals surface area (Å²) in [6.45, 7) is -0.224. The number of hydrogen-bond donors (Lipinski definition) is 2. The van der Waals surface area contributed by atoms with Crippen molar-refractivity contribution in [3.63, 3.8) is 0 Å². The van der Waals surface area contributed by atoms with Gasteiger partial charge in [0.15, 0.2) is 6.17 Å². The van der Waals surface area contributed by atoms with Crippen molar-refractivity contribution in [1.29, 1.82) is 0 Å². The third-order valence-corrected chi connectivity index (χ3v) is 5.04. The quantitative estimate of drug-likeness (QED) is 0.453. The first-order valence-corrected chi connectivity index (χ1v) is 9.97. The van der Waals surface area contributed by atoms with Gasteiger partial charge in [0.2, 0.25) is 5.91 Å². The predicted octanol–water partition coefficient (Wildman–Crippen LogP) is 5.27. The fourth-order valence-corrected chi connectivity index (χ4v) is 3.51. The molecule has 0 radical (unpaired) electrons. The number of hydrogen-bond acceptors (Lipinski definition) is 2.